The lowest BCUT2D eigenvalue weighted by molar-refractivity contribution is -0.141. The summed E-state index contributed by atoms with van der Waals surface area (Å²) in [7, 11) is 0. The minimum Gasteiger partial charge on any atom is -0.345 e. The lowest BCUT2D eigenvalue weighted by Crippen LogP contribution is -2.49. The molecule has 0 aromatic carbocycles. The van der Waals surface area contributed by atoms with Crippen LogP contribution in [-0.4, -0.2) is 33.5 Å². The monoisotopic (exact) mass is 349 g/mol. The summed E-state index contributed by atoms with van der Waals surface area (Å²) in [6.45, 7) is 9.03. The zero-order valence-corrected chi connectivity index (χ0v) is 15.3. The van der Waals surface area contributed by atoms with E-state index in [1.54, 1.807) is 0 Å². The van der Waals surface area contributed by atoms with Gasteiger partial charge < -0.3 is 5.32 Å². The maximum absolute atomic E-state index is 11.9. The van der Waals surface area contributed by atoms with E-state index in [-0.39, 0.29) is 18.4 Å². The first-order chi connectivity index (χ1) is 11.8. The van der Waals surface area contributed by atoms with E-state index in [0.29, 0.717) is 12.3 Å². The Kier molecular flexibility index (Phi) is 6.17. The third kappa shape index (κ3) is 5.58. The highest BCUT2D eigenvalue weighted by Crippen LogP contribution is 2.18. The molecule has 0 saturated heterocycles. The third-order valence-corrected chi connectivity index (χ3v) is 4.11. The molecule has 1 saturated carbocycles. The molecule has 2 rings (SSSR count). The van der Waals surface area contributed by atoms with Crippen LogP contribution in [0.4, 0.5) is 0 Å². The lowest BCUT2D eigenvalue weighted by atomic mass is 10.1. The molecule has 0 bridgehead atoms. The first-order valence-electron chi connectivity index (χ1n) is 8.70. The number of aromatic nitrogens is 2. The van der Waals surface area contributed by atoms with Crippen LogP contribution >= 0.6 is 0 Å². The van der Waals surface area contributed by atoms with E-state index in [2.05, 4.69) is 35.1 Å². The fourth-order valence-corrected chi connectivity index (χ4v) is 2.58. The van der Waals surface area contributed by atoms with E-state index in [1.165, 1.54) is 0 Å². The van der Waals surface area contributed by atoms with Gasteiger partial charge in [-0.2, -0.15) is 5.10 Å². The highest BCUT2D eigenvalue weighted by atomic mass is 16.2. The average molecular weight is 349 g/mol. The quantitative estimate of drug-likeness (QED) is 0.514. The van der Waals surface area contributed by atoms with Crippen LogP contribution in [0.15, 0.2) is 0 Å². The molecule has 1 heterocycles. The fourth-order valence-electron chi connectivity index (χ4n) is 2.58. The largest absolute Gasteiger partial charge is 0.345 e. The summed E-state index contributed by atoms with van der Waals surface area (Å²) in [5, 5.41) is 7.08. The molecule has 1 fully saturated rings. The Labute approximate surface area is 147 Å². The Morgan fingerprint density at radius 3 is 2.44 bits per heavy atom. The van der Waals surface area contributed by atoms with E-state index in [1.807, 2.05) is 18.5 Å². The summed E-state index contributed by atoms with van der Waals surface area (Å²) in [4.78, 5) is 34.9. The average Bonchev–Trinajstić information content (AvgIpc) is 3.30. The standard InChI is InChI=1S/C17H27N5O3/c1-10(2)9-22-12(4)14(11(3)21-22)7-8-15(23)19-20-17(25)16(24)18-13-5-6-13/h10,13H,5-9H2,1-4H3,(H,18,24)(H,19,23)(H,20,25). The second-order valence-electron chi connectivity index (χ2n) is 6.98. The molecule has 25 heavy (non-hydrogen) atoms. The third-order valence-electron chi connectivity index (χ3n) is 4.11. The van der Waals surface area contributed by atoms with Crippen LogP contribution in [-0.2, 0) is 27.3 Å². The Morgan fingerprint density at radius 2 is 1.84 bits per heavy atom. The Hall–Kier alpha value is -2.38. The minimum atomic E-state index is -0.850. The van der Waals surface area contributed by atoms with Crippen LogP contribution in [0.5, 0.6) is 0 Å². The van der Waals surface area contributed by atoms with Crippen LogP contribution in [0.2, 0.25) is 0 Å². The molecule has 8 heteroatoms. The SMILES string of the molecule is Cc1nn(CC(C)C)c(C)c1CCC(=O)NNC(=O)C(=O)NC1CC1. The molecule has 1 aromatic rings. The first kappa shape index (κ1) is 19.0. The van der Waals surface area contributed by atoms with Crippen molar-refractivity contribution < 1.29 is 14.4 Å². The maximum Gasteiger partial charge on any atom is 0.327 e. The number of carbonyl (C=O) groups is 3. The van der Waals surface area contributed by atoms with Crippen molar-refractivity contribution in [2.75, 3.05) is 0 Å². The van der Waals surface area contributed by atoms with Gasteiger partial charge in [0.15, 0.2) is 0 Å². The summed E-state index contributed by atoms with van der Waals surface area (Å²) in [6.07, 6.45) is 2.54. The van der Waals surface area contributed by atoms with Gasteiger partial charge >= 0.3 is 11.8 Å². The van der Waals surface area contributed by atoms with Crippen molar-refractivity contribution in [1.29, 1.82) is 0 Å². The van der Waals surface area contributed by atoms with Crippen molar-refractivity contribution in [2.24, 2.45) is 5.92 Å². The van der Waals surface area contributed by atoms with Gasteiger partial charge in [-0.05, 0) is 44.6 Å². The van der Waals surface area contributed by atoms with E-state index < -0.39 is 11.8 Å². The number of aryl methyl sites for hydroxylation is 1. The van der Waals surface area contributed by atoms with Gasteiger partial charge in [0.2, 0.25) is 5.91 Å². The molecular weight excluding hydrogens is 322 g/mol. The first-order valence-corrected chi connectivity index (χ1v) is 8.70. The van der Waals surface area contributed by atoms with Crippen LogP contribution in [0.25, 0.3) is 0 Å². The molecule has 0 unspecified atom stereocenters. The Balaban J connectivity index is 1.78. The Morgan fingerprint density at radius 1 is 1.16 bits per heavy atom. The van der Waals surface area contributed by atoms with E-state index in [9.17, 15) is 14.4 Å². The molecule has 0 aliphatic heterocycles. The second-order valence-corrected chi connectivity index (χ2v) is 6.98. The topological polar surface area (TPSA) is 105 Å². The lowest BCUT2D eigenvalue weighted by Gasteiger charge is -2.09. The number of amides is 3. The number of rotatable bonds is 6. The van der Waals surface area contributed by atoms with Gasteiger partial charge in [-0.15, -0.1) is 0 Å². The van der Waals surface area contributed by atoms with Crippen molar-refractivity contribution in [3.8, 4) is 0 Å². The predicted octanol–water partition coefficient (Wildman–Crippen LogP) is 0.515. The van der Waals surface area contributed by atoms with E-state index >= 15 is 0 Å². The van der Waals surface area contributed by atoms with Crippen molar-refractivity contribution in [3.05, 3.63) is 17.0 Å². The van der Waals surface area contributed by atoms with Crippen molar-refractivity contribution in [3.63, 3.8) is 0 Å². The molecule has 8 nitrogen and oxygen atoms in total. The van der Waals surface area contributed by atoms with Crippen molar-refractivity contribution in [1.82, 2.24) is 25.9 Å². The van der Waals surface area contributed by atoms with Crippen LogP contribution < -0.4 is 16.2 Å². The zero-order valence-electron chi connectivity index (χ0n) is 15.3. The summed E-state index contributed by atoms with van der Waals surface area (Å²) in [5.74, 6) is -1.42. The van der Waals surface area contributed by atoms with E-state index in [0.717, 1.165) is 36.3 Å². The summed E-state index contributed by atoms with van der Waals surface area (Å²) >= 11 is 0. The van der Waals surface area contributed by atoms with Gasteiger partial charge in [0.25, 0.3) is 0 Å². The van der Waals surface area contributed by atoms with Crippen LogP contribution in [0, 0.1) is 19.8 Å². The van der Waals surface area contributed by atoms with Crippen molar-refractivity contribution in [2.45, 2.75) is 66.0 Å². The highest BCUT2D eigenvalue weighted by molar-refractivity contribution is 6.35. The number of hydrogen-bond donors (Lipinski definition) is 3. The summed E-state index contributed by atoms with van der Waals surface area (Å²) in [6, 6.07) is 0.0993. The molecule has 138 valence electrons. The minimum absolute atomic E-state index is 0.0993. The predicted molar refractivity (Wildman–Crippen MR) is 92.3 cm³/mol. The molecule has 3 amide bonds. The number of hydrazine groups is 1. The molecule has 0 spiro atoms. The molecular formula is C17H27N5O3. The van der Waals surface area contributed by atoms with Gasteiger partial charge in [0.05, 0.1) is 5.69 Å². The van der Waals surface area contributed by atoms with Gasteiger partial charge in [-0.1, -0.05) is 13.8 Å². The number of carbonyl (C=O) groups excluding carboxylic acids is 3. The smallest absolute Gasteiger partial charge is 0.327 e. The van der Waals surface area contributed by atoms with E-state index in [4.69, 9.17) is 0 Å². The van der Waals surface area contributed by atoms with Gasteiger partial charge in [0, 0.05) is 24.7 Å². The fraction of sp³-hybridized carbons (Fsp3) is 0.647. The molecule has 1 aliphatic rings. The zero-order chi connectivity index (χ0) is 18.6. The van der Waals surface area contributed by atoms with Gasteiger partial charge in [-0.3, -0.25) is 29.9 Å². The normalized spacial score (nSPS) is 13.6. The van der Waals surface area contributed by atoms with Gasteiger partial charge in [0.1, 0.15) is 0 Å². The molecule has 1 aromatic heterocycles. The number of hydrogen-bond acceptors (Lipinski definition) is 4. The highest BCUT2D eigenvalue weighted by Gasteiger charge is 2.26. The number of nitrogens with zero attached hydrogens (tertiary/aromatic N) is 2. The van der Waals surface area contributed by atoms with Gasteiger partial charge in [-0.25, -0.2) is 0 Å². The van der Waals surface area contributed by atoms with Crippen LogP contribution in [0.1, 0.15) is 50.1 Å². The Bertz CT molecular complexity index is 661. The maximum atomic E-state index is 11.9. The molecule has 1 aliphatic carbocycles. The molecule has 0 radical (unpaired) electrons. The van der Waals surface area contributed by atoms with Crippen LogP contribution in [0.3, 0.4) is 0 Å². The second kappa shape index (κ2) is 8.13. The van der Waals surface area contributed by atoms with Crippen molar-refractivity contribution >= 4 is 17.7 Å². The summed E-state index contributed by atoms with van der Waals surface area (Å²) < 4.78 is 1.97. The molecule has 0 atom stereocenters. The number of nitrogens with one attached hydrogen (secondary N) is 3. The summed E-state index contributed by atoms with van der Waals surface area (Å²) in [5.41, 5.74) is 7.45. The molecule has 3 N–H and O–H groups in total.